The van der Waals surface area contributed by atoms with E-state index < -0.39 is 41.9 Å². The number of aromatic hydroxyl groups is 1. The SMILES string of the molecule is Cc1cc(O)cc(C)c1CC(N)C(=O)NC(CCCCNC(=O)OCc1ccccc1)C(=O)NC(Cc1ccccc1)C(N)=O. The van der Waals surface area contributed by atoms with Crippen molar-refractivity contribution in [1.82, 2.24) is 16.0 Å². The van der Waals surface area contributed by atoms with E-state index in [0.29, 0.717) is 19.4 Å². The fourth-order valence-electron chi connectivity index (χ4n) is 4.94. The van der Waals surface area contributed by atoms with E-state index in [9.17, 15) is 24.3 Å². The maximum atomic E-state index is 13.4. The Hall–Kier alpha value is -4.90. The Kier molecular flexibility index (Phi) is 13.4. The van der Waals surface area contributed by atoms with Gasteiger partial charge in [0, 0.05) is 13.0 Å². The number of ether oxygens (including phenoxy) is 1. The van der Waals surface area contributed by atoms with Crippen LogP contribution < -0.4 is 27.4 Å². The molecule has 3 unspecified atom stereocenters. The molecule has 0 saturated heterocycles. The maximum Gasteiger partial charge on any atom is 0.407 e. The number of carbonyl (C=O) groups excluding carboxylic acids is 4. The zero-order valence-electron chi connectivity index (χ0n) is 25.8. The van der Waals surface area contributed by atoms with Gasteiger partial charge in [-0.05, 0) is 79.5 Å². The summed E-state index contributed by atoms with van der Waals surface area (Å²) in [5, 5.41) is 18.0. The van der Waals surface area contributed by atoms with Crippen LogP contribution in [-0.4, -0.2) is 53.6 Å². The van der Waals surface area contributed by atoms with Crippen LogP contribution in [0, 0.1) is 13.8 Å². The third kappa shape index (κ3) is 11.6. The number of aryl methyl sites for hydroxylation is 2. The Balaban J connectivity index is 1.60. The lowest BCUT2D eigenvalue weighted by Gasteiger charge is -2.24. The fraction of sp³-hybridized carbons (Fsp3) is 0.353. The molecule has 0 bridgehead atoms. The van der Waals surface area contributed by atoms with Gasteiger partial charge in [0.05, 0.1) is 6.04 Å². The number of rotatable bonds is 16. The normalized spacial score (nSPS) is 12.8. The molecular weight excluding hydrogens is 574 g/mol. The molecule has 11 nitrogen and oxygen atoms in total. The van der Waals surface area contributed by atoms with Crippen LogP contribution in [-0.2, 0) is 38.6 Å². The lowest BCUT2D eigenvalue weighted by atomic mass is 9.95. The van der Waals surface area contributed by atoms with Gasteiger partial charge in [-0.15, -0.1) is 0 Å². The minimum Gasteiger partial charge on any atom is -0.508 e. The molecular formula is C34H43N5O6. The first-order valence-corrected chi connectivity index (χ1v) is 15.0. The predicted octanol–water partition coefficient (Wildman–Crippen LogP) is 2.67. The van der Waals surface area contributed by atoms with Crippen LogP contribution in [0.3, 0.4) is 0 Å². The van der Waals surface area contributed by atoms with Crippen LogP contribution in [0.15, 0.2) is 72.8 Å². The van der Waals surface area contributed by atoms with Crippen LogP contribution in [0.1, 0.15) is 47.1 Å². The van der Waals surface area contributed by atoms with Crippen molar-refractivity contribution in [3.63, 3.8) is 0 Å². The summed E-state index contributed by atoms with van der Waals surface area (Å²) in [6.07, 6.45) is 1.02. The van der Waals surface area contributed by atoms with Crippen LogP contribution in [0.25, 0.3) is 0 Å². The van der Waals surface area contributed by atoms with Crippen LogP contribution >= 0.6 is 0 Å². The molecule has 3 atom stereocenters. The van der Waals surface area contributed by atoms with E-state index in [1.807, 2.05) is 74.5 Å². The van der Waals surface area contributed by atoms with Gasteiger partial charge in [0.15, 0.2) is 0 Å². The number of hydrogen-bond acceptors (Lipinski definition) is 7. The standard InChI is InChI=1S/C34H43N5O6/c1-22-17-26(40)18-23(2)27(22)20-28(35)32(42)38-29(33(43)39-30(31(36)41)19-24-11-5-3-6-12-24)15-9-10-16-37-34(44)45-21-25-13-7-4-8-14-25/h3-8,11-14,17-18,28-30,40H,9-10,15-16,19-21,35H2,1-2H3,(H2,36,41)(H,37,44)(H,38,42)(H,39,43). The van der Waals surface area contributed by atoms with Crippen LogP contribution in [0.2, 0.25) is 0 Å². The minimum absolute atomic E-state index is 0.127. The molecule has 0 heterocycles. The van der Waals surface area contributed by atoms with Crippen molar-refractivity contribution < 1.29 is 29.0 Å². The third-order valence-electron chi connectivity index (χ3n) is 7.42. The van der Waals surface area contributed by atoms with Gasteiger partial charge in [0.1, 0.15) is 24.4 Å². The summed E-state index contributed by atoms with van der Waals surface area (Å²) in [4.78, 5) is 50.9. The van der Waals surface area contributed by atoms with Gasteiger partial charge in [0.2, 0.25) is 17.7 Å². The second-order valence-corrected chi connectivity index (χ2v) is 11.1. The largest absolute Gasteiger partial charge is 0.508 e. The summed E-state index contributed by atoms with van der Waals surface area (Å²) in [7, 11) is 0. The molecule has 45 heavy (non-hydrogen) atoms. The number of carbonyl (C=O) groups is 4. The predicted molar refractivity (Wildman–Crippen MR) is 171 cm³/mol. The number of amides is 4. The maximum absolute atomic E-state index is 13.4. The number of benzene rings is 3. The molecule has 0 aromatic heterocycles. The number of hydrogen-bond donors (Lipinski definition) is 6. The lowest BCUT2D eigenvalue weighted by molar-refractivity contribution is -0.131. The molecule has 8 N–H and O–H groups in total. The van der Waals surface area contributed by atoms with E-state index in [-0.39, 0.29) is 31.6 Å². The number of phenolic OH excluding ortho intramolecular Hbond substituents is 1. The highest BCUT2D eigenvalue weighted by molar-refractivity contribution is 5.92. The molecule has 11 heteroatoms. The molecule has 0 fully saturated rings. The van der Waals surface area contributed by atoms with Crippen molar-refractivity contribution in [1.29, 1.82) is 0 Å². The topological polar surface area (TPSA) is 186 Å². The smallest absolute Gasteiger partial charge is 0.407 e. The highest BCUT2D eigenvalue weighted by Gasteiger charge is 2.28. The number of nitrogens with two attached hydrogens (primary N) is 2. The first-order valence-electron chi connectivity index (χ1n) is 15.0. The fourth-order valence-corrected chi connectivity index (χ4v) is 4.94. The Bertz CT molecular complexity index is 1410. The summed E-state index contributed by atoms with van der Waals surface area (Å²) in [6, 6.07) is 18.7. The molecule has 0 spiro atoms. The highest BCUT2D eigenvalue weighted by Crippen LogP contribution is 2.22. The number of phenols is 1. The van der Waals surface area contributed by atoms with Gasteiger partial charge in [-0.3, -0.25) is 14.4 Å². The quantitative estimate of drug-likeness (QED) is 0.133. The van der Waals surface area contributed by atoms with E-state index in [2.05, 4.69) is 16.0 Å². The molecule has 0 saturated carbocycles. The molecule has 0 aliphatic rings. The van der Waals surface area contributed by atoms with E-state index in [1.54, 1.807) is 12.1 Å². The summed E-state index contributed by atoms with van der Waals surface area (Å²) < 4.78 is 5.22. The molecule has 4 amide bonds. The van der Waals surface area contributed by atoms with Crippen molar-refractivity contribution in [2.24, 2.45) is 11.5 Å². The number of primary amides is 1. The van der Waals surface area contributed by atoms with Gasteiger partial charge in [-0.1, -0.05) is 60.7 Å². The molecule has 0 aliphatic carbocycles. The summed E-state index contributed by atoms with van der Waals surface area (Å²) in [6.45, 7) is 4.09. The van der Waals surface area contributed by atoms with Crippen molar-refractivity contribution in [3.05, 3.63) is 101 Å². The van der Waals surface area contributed by atoms with Gasteiger partial charge in [-0.2, -0.15) is 0 Å². The van der Waals surface area contributed by atoms with E-state index in [1.165, 1.54) is 0 Å². The third-order valence-corrected chi connectivity index (χ3v) is 7.42. The second kappa shape index (κ2) is 17.4. The average Bonchev–Trinajstić information content (AvgIpc) is 3.01. The van der Waals surface area contributed by atoms with Gasteiger partial charge in [-0.25, -0.2) is 4.79 Å². The summed E-state index contributed by atoms with van der Waals surface area (Å²) in [5.74, 6) is -1.68. The van der Waals surface area contributed by atoms with E-state index in [0.717, 1.165) is 27.8 Å². The number of alkyl carbamates (subject to hydrolysis) is 1. The Labute approximate surface area is 263 Å². The number of nitrogens with one attached hydrogen (secondary N) is 3. The van der Waals surface area contributed by atoms with Crippen molar-refractivity contribution in [2.45, 2.75) is 70.7 Å². The lowest BCUT2D eigenvalue weighted by Crippen LogP contribution is -2.56. The zero-order valence-corrected chi connectivity index (χ0v) is 25.8. The second-order valence-electron chi connectivity index (χ2n) is 11.1. The van der Waals surface area contributed by atoms with Crippen molar-refractivity contribution in [2.75, 3.05) is 6.54 Å². The van der Waals surface area contributed by atoms with E-state index >= 15 is 0 Å². The first kappa shape index (κ1) is 34.6. The van der Waals surface area contributed by atoms with Gasteiger partial charge in [0.25, 0.3) is 0 Å². The van der Waals surface area contributed by atoms with Gasteiger partial charge >= 0.3 is 6.09 Å². The Morgan fingerprint density at radius 1 is 0.800 bits per heavy atom. The molecule has 3 rings (SSSR count). The monoisotopic (exact) mass is 617 g/mol. The van der Waals surface area contributed by atoms with Gasteiger partial charge < -0.3 is 37.3 Å². The van der Waals surface area contributed by atoms with Crippen molar-refractivity contribution >= 4 is 23.8 Å². The van der Waals surface area contributed by atoms with Crippen LogP contribution in [0.5, 0.6) is 5.75 Å². The summed E-state index contributed by atoms with van der Waals surface area (Å²) >= 11 is 0. The molecule has 3 aromatic rings. The Morgan fingerprint density at radius 3 is 1.98 bits per heavy atom. The highest BCUT2D eigenvalue weighted by atomic mass is 16.5. The Morgan fingerprint density at radius 2 is 1.38 bits per heavy atom. The summed E-state index contributed by atoms with van der Waals surface area (Å²) in [5.41, 5.74) is 16.0. The molecule has 240 valence electrons. The molecule has 0 radical (unpaired) electrons. The molecule has 0 aliphatic heterocycles. The molecule has 3 aromatic carbocycles. The van der Waals surface area contributed by atoms with Crippen molar-refractivity contribution in [3.8, 4) is 5.75 Å². The van der Waals surface area contributed by atoms with Crippen LogP contribution in [0.4, 0.5) is 4.79 Å². The average molecular weight is 618 g/mol. The zero-order chi connectivity index (χ0) is 32.8. The first-order chi connectivity index (χ1) is 21.5. The minimum atomic E-state index is -1.01. The van der Waals surface area contributed by atoms with E-state index in [4.69, 9.17) is 16.2 Å². The number of unbranched alkanes of at least 4 members (excludes halogenated alkanes) is 1.